The van der Waals surface area contributed by atoms with Crippen molar-refractivity contribution in [3.05, 3.63) is 46.8 Å². The summed E-state index contributed by atoms with van der Waals surface area (Å²) in [5.74, 6) is -2.34. The van der Waals surface area contributed by atoms with Gasteiger partial charge in [-0.2, -0.15) is 0 Å². The van der Waals surface area contributed by atoms with Crippen LogP contribution in [0.1, 0.15) is 50.4 Å². The zero-order chi connectivity index (χ0) is 23.6. The lowest BCUT2D eigenvalue weighted by atomic mass is 9.88. The van der Waals surface area contributed by atoms with E-state index in [1.165, 1.54) is 10.8 Å². The largest absolute Gasteiger partial charge is 0.404 e. The van der Waals surface area contributed by atoms with Gasteiger partial charge in [0.05, 0.1) is 5.57 Å². The first-order chi connectivity index (χ1) is 15.8. The Morgan fingerprint density at radius 2 is 1.94 bits per heavy atom. The fourth-order valence-electron chi connectivity index (χ4n) is 4.20. The number of pyridine rings is 1. The monoisotopic (exact) mass is 459 g/mol. The summed E-state index contributed by atoms with van der Waals surface area (Å²) in [4.78, 5) is 34.3. The minimum absolute atomic E-state index is 0.0947. The molecule has 11 heteroatoms. The van der Waals surface area contributed by atoms with Crippen LogP contribution in [0.2, 0.25) is 0 Å². The van der Waals surface area contributed by atoms with Gasteiger partial charge in [-0.25, -0.2) is 18.7 Å². The van der Waals surface area contributed by atoms with Gasteiger partial charge in [0.15, 0.2) is 5.82 Å². The van der Waals surface area contributed by atoms with Gasteiger partial charge in [0.2, 0.25) is 0 Å². The normalized spacial score (nSPS) is 18.6. The van der Waals surface area contributed by atoms with Gasteiger partial charge in [0.1, 0.15) is 17.3 Å². The summed E-state index contributed by atoms with van der Waals surface area (Å²) in [5, 5.41) is 8.79. The molecule has 0 spiro atoms. The van der Waals surface area contributed by atoms with E-state index in [9.17, 15) is 18.4 Å². The van der Waals surface area contributed by atoms with Gasteiger partial charge in [0.25, 0.3) is 17.4 Å². The van der Waals surface area contributed by atoms with E-state index in [1.54, 1.807) is 25.2 Å². The molecule has 5 N–H and O–H groups in total. The van der Waals surface area contributed by atoms with Crippen LogP contribution in [0.25, 0.3) is 5.57 Å². The Morgan fingerprint density at radius 3 is 2.58 bits per heavy atom. The molecule has 1 amide bonds. The maximum absolute atomic E-state index is 13.3. The third-order valence-corrected chi connectivity index (χ3v) is 6.02. The molecule has 2 aliphatic rings. The lowest BCUT2D eigenvalue weighted by Gasteiger charge is -2.36. The second kappa shape index (κ2) is 9.16. The first kappa shape index (κ1) is 22.7. The number of nitrogens with zero attached hydrogens (tertiary/aromatic N) is 3. The van der Waals surface area contributed by atoms with E-state index in [0.717, 1.165) is 31.9 Å². The molecule has 0 atom stereocenters. The molecule has 4 rings (SSSR count). The Morgan fingerprint density at radius 1 is 1.24 bits per heavy atom. The van der Waals surface area contributed by atoms with Crippen LogP contribution in [0.4, 0.5) is 26.1 Å². The number of carbonyl (C=O) groups excluding carboxylic acids is 1. The van der Waals surface area contributed by atoms with Crippen LogP contribution < -0.4 is 27.2 Å². The molecule has 2 aliphatic carbocycles. The Hall–Kier alpha value is -3.50. The van der Waals surface area contributed by atoms with Crippen LogP contribution in [-0.4, -0.2) is 39.5 Å². The summed E-state index contributed by atoms with van der Waals surface area (Å²) in [6.45, 7) is 0. The van der Waals surface area contributed by atoms with Gasteiger partial charge in [-0.1, -0.05) is 12.8 Å². The van der Waals surface area contributed by atoms with Crippen molar-refractivity contribution < 1.29 is 13.6 Å². The molecule has 2 heterocycles. The number of rotatable bonds is 7. The summed E-state index contributed by atoms with van der Waals surface area (Å²) >= 11 is 0. The Labute approximate surface area is 189 Å². The Balaban J connectivity index is 1.58. The van der Waals surface area contributed by atoms with E-state index < -0.39 is 17.5 Å². The van der Waals surface area contributed by atoms with Gasteiger partial charge in [-0.15, -0.1) is 0 Å². The highest BCUT2D eigenvalue weighted by Crippen LogP contribution is 2.44. The quantitative estimate of drug-likeness (QED) is 0.469. The molecular formula is C22H27F2N7O2. The Kier molecular flexibility index (Phi) is 6.30. The van der Waals surface area contributed by atoms with Gasteiger partial charge in [-0.3, -0.25) is 9.59 Å². The van der Waals surface area contributed by atoms with Crippen molar-refractivity contribution in [3.63, 3.8) is 0 Å². The van der Waals surface area contributed by atoms with Crippen molar-refractivity contribution >= 4 is 28.8 Å². The summed E-state index contributed by atoms with van der Waals surface area (Å²) in [7, 11) is 1.66. The van der Waals surface area contributed by atoms with Gasteiger partial charge in [0, 0.05) is 50.4 Å². The van der Waals surface area contributed by atoms with Crippen LogP contribution in [0.15, 0.2) is 35.4 Å². The van der Waals surface area contributed by atoms with Gasteiger partial charge < -0.3 is 26.3 Å². The lowest BCUT2D eigenvalue weighted by molar-refractivity contribution is -0.116. The first-order valence-corrected chi connectivity index (χ1v) is 11.0. The van der Waals surface area contributed by atoms with E-state index >= 15 is 0 Å². The van der Waals surface area contributed by atoms with E-state index in [4.69, 9.17) is 5.73 Å². The minimum Gasteiger partial charge on any atom is -0.404 e. The average molecular weight is 460 g/mol. The highest BCUT2D eigenvalue weighted by molar-refractivity contribution is 6.18. The highest BCUT2D eigenvalue weighted by Gasteiger charge is 2.46. The second-order valence-corrected chi connectivity index (χ2v) is 8.42. The Bertz CT molecular complexity index is 1120. The van der Waals surface area contributed by atoms with Gasteiger partial charge >= 0.3 is 0 Å². The third kappa shape index (κ3) is 4.96. The van der Waals surface area contributed by atoms with Crippen LogP contribution in [0, 0.1) is 0 Å². The summed E-state index contributed by atoms with van der Waals surface area (Å²) < 4.78 is 27.9. The predicted molar refractivity (Wildman–Crippen MR) is 121 cm³/mol. The summed E-state index contributed by atoms with van der Waals surface area (Å²) in [5.41, 5.74) is 5.59. The number of amides is 1. The number of anilines is 3. The number of alkyl halides is 2. The van der Waals surface area contributed by atoms with Crippen molar-refractivity contribution in [2.24, 2.45) is 5.73 Å². The molecule has 2 fully saturated rings. The lowest BCUT2D eigenvalue weighted by Crippen LogP contribution is -2.41. The second-order valence-electron chi connectivity index (χ2n) is 8.42. The predicted octanol–water partition coefficient (Wildman–Crippen LogP) is 2.75. The summed E-state index contributed by atoms with van der Waals surface area (Å²) in [6, 6.07) is 4.28. The number of halogens is 2. The molecule has 33 heavy (non-hydrogen) atoms. The maximum atomic E-state index is 13.3. The number of nitrogens with one attached hydrogen (secondary N) is 3. The first-order valence-electron chi connectivity index (χ1n) is 11.0. The van der Waals surface area contributed by atoms with Crippen LogP contribution in [0.5, 0.6) is 0 Å². The van der Waals surface area contributed by atoms with Crippen molar-refractivity contribution in [2.75, 3.05) is 17.7 Å². The molecule has 0 aromatic carbocycles. The van der Waals surface area contributed by atoms with E-state index in [0.29, 0.717) is 5.82 Å². The molecule has 176 valence electrons. The van der Waals surface area contributed by atoms with E-state index in [-0.39, 0.29) is 47.7 Å². The van der Waals surface area contributed by atoms with Crippen molar-refractivity contribution in [1.82, 2.24) is 19.9 Å². The molecule has 9 nitrogen and oxygen atoms in total. The SMILES string of the molecule is CNc1cc(Nc2cccn(C3CC(F)(F)C3)c2=O)nc(/C(=C\N)C(=O)NC2CCCC2)n1. The molecule has 0 unspecified atom stereocenters. The molecule has 0 aliphatic heterocycles. The molecule has 2 saturated carbocycles. The molecule has 0 bridgehead atoms. The van der Waals surface area contributed by atoms with Crippen LogP contribution in [0.3, 0.4) is 0 Å². The number of hydrogen-bond donors (Lipinski definition) is 4. The molecule has 2 aromatic rings. The zero-order valence-corrected chi connectivity index (χ0v) is 18.3. The maximum Gasteiger partial charge on any atom is 0.274 e. The number of hydrogen-bond acceptors (Lipinski definition) is 7. The fraction of sp³-hybridized carbons (Fsp3) is 0.455. The highest BCUT2D eigenvalue weighted by atomic mass is 19.3. The third-order valence-electron chi connectivity index (χ3n) is 6.02. The molecule has 0 saturated heterocycles. The van der Waals surface area contributed by atoms with Crippen molar-refractivity contribution in [3.8, 4) is 0 Å². The number of carbonyl (C=O) groups is 1. The zero-order valence-electron chi connectivity index (χ0n) is 18.3. The smallest absolute Gasteiger partial charge is 0.274 e. The number of nitrogens with two attached hydrogens (primary N) is 1. The minimum atomic E-state index is -2.74. The molecular weight excluding hydrogens is 432 g/mol. The van der Waals surface area contributed by atoms with Crippen molar-refractivity contribution in [1.29, 1.82) is 0 Å². The van der Waals surface area contributed by atoms with Gasteiger partial charge in [-0.05, 0) is 25.0 Å². The topological polar surface area (TPSA) is 127 Å². The van der Waals surface area contributed by atoms with Crippen LogP contribution >= 0.6 is 0 Å². The van der Waals surface area contributed by atoms with E-state index in [2.05, 4.69) is 25.9 Å². The fourth-order valence-corrected chi connectivity index (χ4v) is 4.20. The standard InChI is InChI=1S/C22H27F2N7O2/c1-26-17-9-18(28-16-7-4-8-31(21(16)33)14-10-22(23,24)11-14)30-19(29-17)15(12-25)20(32)27-13-5-2-3-6-13/h4,7-9,12-14H,2-3,5-6,10-11,25H2,1H3,(H,27,32)(H2,26,28,29,30)/b15-12+. The van der Waals surface area contributed by atoms with E-state index in [1.807, 2.05) is 0 Å². The molecule has 0 radical (unpaired) electrons. The average Bonchev–Trinajstić information content (AvgIpc) is 3.27. The molecule has 2 aromatic heterocycles. The summed E-state index contributed by atoms with van der Waals surface area (Å²) in [6.07, 6.45) is 5.91. The van der Waals surface area contributed by atoms with Crippen molar-refractivity contribution in [2.45, 2.75) is 56.5 Å². The van der Waals surface area contributed by atoms with Crippen LogP contribution in [-0.2, 0) is 4.79 Å². The number of aromatic nitrogens is 3.